The Labute approximate surface area is 98.3 Å². The first-order valence-electron chi connectivity index (χ1n) is 4.98. The van der Waals surface area contributed by atoms with Gasteiger partial charge in [-0.15, -0.1) is 11.8 Å². The van der Waals surface area contributed by atoms with E-state index in [1.165, 1.54) is 11.8 Å². The number of furan rings is 1. The fourth-order valence-corrected chi connectivity index (χ4v) is 1.91. The highest BCUT2D eigenvalue weighted by atomic mass is 32.2. The van der Waals surface area contributed by atoms with Crippen molar-refractivity contribution < 1.29 is 18.7 Å². The quantitative estimate of drug-likeness (QED) is 0.541. The topological polar surface area (TPSA) is 56.5 Å². The summed E-state index contributed by atoms with van der Waals surface area (Å²) < 4.78 is 9.58. The normalized spacial score (nSPS) is 10.1. The molecule has 0 saturated carbocycles. The van der Waals surface area contributed by atoms with Crippen molar-refractivity contribution in [2.45, 2.75) is 19.1 Å². The maximum atomic E-state index is 11.3. The van der Waals surface area contributed by atoms with Gasteiger partial charge >= 0.3 is 5.97 Å². The van der Waals surface area contributed by atoms with Gasteiger partial charge in [0.2, 0.25) is 0 Å². The third-order valence-electron chi connectivity index (χ3n) is 1.76. The second-order valence-corrected chi connectivity index (χ2v) is 4.13. The molecule has 4 nitrogen and oxygen atoms in total. The van der Waals surface area contributed by atoms with E-state index >= 15 is 0 Å². The lowest BCUT2D eigenvalue weighted by molar-refractivity contribution is -0.145. The molecule has 16 heavy (non-hydrogen) atoms. The van der Waals surface area contributed by atoms with Gasteiger partial charge in [-0.1, -0.05) is 0 Å². The zero-order valence-corrected chi connectivity index (χ0v) is 9.92. The highest BCUT2D eigenvalue weighted by molar-refractivity contribution is 7.99. The van der Waals surface area contributed by atoms with Crippen LogP contribution in [-0.2, 0) is 20.1 Å². The van der Waals surface area contributed by atoms with Gasteiger partial charge in [0.05, 0.1) is 24.9 Å². The van der Waals surface area contributed by atoms with Crippen LogP contribution >= 0.6 is 11.8 Å². The summed E-state index contributed by atoms with van der Waals surface area (Å²) in [5, 5.41) is 0. The van der Waals surface area contributed by atoms with E-state index in [1.54, 1.807) is 19.5 Å². The van der Waals surface area contributed by atoms with Crippen LogP contribution in [-0.4, -0.2) is 24.1 Å². The molecule has 1 heterocycles. The maximum Gasteiger partial charge on any atom is 0.313 e. The molecular weight excluding hydrogens is 228 g/mol. The Hall–Kier alpha value is -1.23. The third kappa shape index (κ3) is 5.02. The maximum absolute atomic E-state index is 11.3. The van der Waals surface area contributed by atoms with Crippen LogP contribution in [0.2, 0.25) is 0 Å². The van der Waals surface area contributed by atoms with Gasteiger partial charge in [-0.25, -0.2) is 0 Å². The Morgan fingerprint density at radius 1 is 1.50 bits per heavy atom. The lowest BCUT2D eigenvalue weighted by Gasteiger charge is -2.00. The molecule has 1 rings (SSSR count). The minimum absolute atomic E-state index is 0.105. The number of ketones is 1. The number of Topliss-reactive ketones (excluding diaryl/α,β-unsaturated/α-hetero) is 1. The molecule has 1 aromatic heterocycles. The number of ether oxygens (including phenoxy) is 1. The minimum atomic E-state index is -0.448. The first kappa shape index (κ1) is 12.8. The van der Waals surface area contributed by atoms with Crippen molar-refractivity contribution in [2.24, 2.45) is 0 Å². The van der Waals surface area contributed by atoms with Gasteiger partial charge in [-0.05, 0) is 13.0 Å². The van der Waals surface area contributed by atoms with Gasteiger partial charge in [0.15, 0.2) is 5.78 Å². The molecule has 0 spiro atoms. The number of carbonyl (C=O) groups excluding carboxylic acids is 2. The lowest BCUT2D eigenvalue weighted by atomic mass is 10.3. The van der Waals surface area contributed by atoms with Gasteiger partial charge < -0.3 is 9.15 Å². The number of esters is 1. The summed E-state index contributed by atoms with van der Waals surface area (Å²) in [6, 6.07) is 1.85. The Morgan fingerprint density at radius 3 is 2.94 bits per heavy atom. The van der Waals surface area contributed by atoms with E-state index in [0.29, 0.717) is 18.1 Å². The summed E-state index contributed by atoms with van der Waals surface area (Å²) in [6.45, 7) is 2.03. The molecule has 0 saturated heterocycles. The lowest BCUT2D eigenvalue weighted by Crippen LogP contribution is -2.12. The first-order valence-corrected chi connectivity index (χ1v) is 6.14. The molecule has 0 aliphatic carbocycles. The van der Waals surface area contributed by atoms with Crippen molar-refractivity contribution >= 4 is 23.5 Å². The monoisotopic (exact) mass is 242 g/mol. The Kier molecular flexibility index (Phi) is 5.71. The molecule has 0 aliphatic rings. The van der Waals surface area contributed by atoms with Crippen LogP contribution in [0.3, 0.4) is 0 Å². The van der Waals surface area contributed by atoms with Crippen LogP contribution < -0.4 is 0 Å². The Bertz CT molecular complexity index is 332. The number of hydrogen-bond acceptors (Lipinski definition) is 5. The molecule has 0 N–H and O–H groups in total. The highest BCUT2D eigenvalue weighted by Gasteiger charge is 2.10. The predicted octanol–water partition coefficient (Wildman–Crippen LogP) is 2.04. The first-order chi connectivity index (χ1) is 7.72. The van der Waals surface area contributed by atoms with Crippen molar-refractivity contribution in [3.05, 3.63) is 24.2 Å². The van der Waals surface area contributed by atoms with E-state index in [-0.39, 0.29) is 12.2 Å². The third-order valence-corrected chi connectivity index (χ3v) is 2.82. The molecule has 0 fully saturated rings. The van der Waals surface area contributed by atoms with Crippen LogP contribution in [0.25, 0.3) is 0 Å². The summed E-state index contributed by atoms with van der Waals surface area (Å²) in [5.41, 5.74) is 1.04. The Morgan fingerprint density at radius 2 is 2.31 bits per heavy atom. The Balaban J connectivity index is 2.13. The van der Waals surface area contributed by atoms with Crippen molar-refractivity contribution in [2.75, 3.05) is 12.4 Å². The molecule has 0 radical (unpaired) electrons. The SMILES string of the molecule is CCOC(=O)CC(=O)CSCc1ccoc1. The number of rotatable bonds is 7. The second-order valence-electron chi connectivity index (χ2n) is 3.14. The average Bonchev–Trinajstić information content (AvgIpc) is 2.70. The largest absolute Gasteiger partial charge is 0.472 e. The van der Waals surface area contributed by atoms with Crippen molar-refractivity contribution in [3.63, 3.8) is 0 Å². The van der Waals surface area contributed by atoms with Crippen LogP contribution in [0, 0.1) is 0 Å². The molecule has 1 aromatic rings. The molecule has 0 aromatic carbocycles. The van der Waals surface area contributed by atoms with Gasteiger partial charge in [0.25, 0.3) is 0 Å². The van der Waals surface area contributed by atoms with Crippen molar-refractivity contribution in [1.29, 1.82) is 0 Å². The van der Waals surface area contributed by atoms with Crippen LogP contribution in [0.4, 0.5) is 0 Å². The van der Waals surface area contributed by atoms with E-state index in [9.17, 15) is 9.59 Å². The average molecular weight is 242 g/mol. The van der Waals surface area contributed by atoms with E-state index in [0.717, 1.165) is 5.56 Å². The summed E-state index contributed by atoms with van der Waals surface area (Å²) in [4.78, 5) is 22.3. The molecular formula is C11H14O4S. The van der Waals surface area contributed by atoms with Crippen LogP contribution in [0.15, 0.2) is 23.0 Å². The summed E-state index contributed by atoms with van der Waals surface area (Å²) in [5.74, 6) is 0.484. The highest BCUT2D eigenvalue weighted by Crippen LogP contribution is 2.12. The van der Waals surface area contributed by atoms with Crippen LogP contribution in [0.5, 0.6) is 0 Å². The second kappa shape index (κ2) is 7.11. The van der Waals surface area contributed by atoms with Gasteiger partial charge in [0.1, 0.15) is 6.42 Å². The number of carbonyl (C=O) groups is 2. The van der Waals surface area contributed by atoms with Crippen molar-refractivity contribution in [1.82, 2.24) is 0 Å². The summed E-state index contributed by atoms with van der Waals surface area (Å²) in [6.07, 6.45) is 3.10. The number of hydrogen-bond donors (Lipinski definition) is 0. The fraction of sp³-hybridized carbons (Fsp3) is 0.455. The molecule has 5 heteroatoms. The van der Waals surface area contributed by atoms with Gasteiger partial charge in [0, 0.05) is 11.3 Å². The standard InChI is InChI=1S/C11H14O4S/c1-2-15-11(13)5-10(12)8-16-7-9-3-4-14-6-9/h3-4,6H,2,5,7-8H2,1H3. The molecule has 0 amide bonds. The zero-order chi connectivity index (χ0) is 11.8. The molecule has 0 bridgehead atoms. The van der Waals surface area contributed by atoms with Crippen molar-refractivity contribution in [3.8, 4) is 0 Å². The van der Waals surface area contributed by atoms with E-state index in [1.807, 2.05) is 6.07 Å². The molecule has 0 unspecified atom stereocenters. The van der Waals surface area contributed by atoms with E-state index in [4.69, 9.17) is 4.42 Å². The van der Waals surface area contributed by atoms with E-state index < -0.39 is 5.97 Å². The minimum Gasteiger partial charge on any atom is -0.472 e. The van der Waals surface area contributed by atoms with Gasteiger partial charge in [-0.2, -0.15) is 0 Å². The molecule has 0 aliphatic heterocycles. The summed E-state index contributed by atoms with van der Waals surface area (Å²) in [7, 11) is 0. The van der Waals surface area contributed by atoms with Crippen LogP contribution in [0.1, 0.15) is 18.9 Å². The molecule has 0 atom stereocenters. The molecule has 88 valence electrons. The summed E-state index contributed by atoms with van der Waals surface area (Å²) >= 11 is 1.46. The smallest absolute Gasteiger partial charge is 0.313 e. The van der Waals surface area contributed by atoms with Gasteiger partial charge in [-0.3, -0.25) is 9.59 Å². The fourth-order valence-electron chi connectivity index (χ4n) is 1.08. The number of thioether (sulfide) groups is 1. The predicted molar refractivity (Wildman–Crippen MR) is 61.1 cm³/mol. The zero-order valence-electron chi connectivity index (χ0n) is 9.10. The van der Waals surface area contributed by atoms with E-state index in [2.05, 4.69) is 4.74 Å².